The summed E-state index contributed by atoms with van der Waals surface area (Å²) in [4.78, 5) is 18.9. The molecule has 0 radical (unpaired) electrons. The van der Waals surface area contributed by atoms with E-state index in [1.165, 1.54) is 12.8 Å². The largest absolute Gasteiger partial charge is 0.345 e. The fraction of sp³-hybridized carbons (Fsp3) is 0.632. The van der Waals surface area contributed by atoms with Crippen molar-refractivity contribution in [1.29, 1.82) is 0 Å². The molecule has 0 atom stereocenters. The van der Waals surface area contributed by atoms with Crippen molar-refractivity contribution in [2.75, 3.05) is 13.1 Å². The molecule has 1 aliphatic carbocycles. The van der Waals surface area contributed by atoms with E-state index in [0.717, 1.165) is 51.0 Å². The number of piperidine rings is 1. The maximum atomic E-state index is 12.4. The maximum absolute atomic E-state index is 12.4. The van der Waals surface area contributed by atoms with Crippen LogP contribution < -0.4 is 5.32 Å². The number of likely N-dealkylation sites (tertiary alicyclic amines) is 1. The Labute approximate surface area is 153 Å². The SMILES string of the molecule is CCn1cccc1-c1noc(C2CCN(C(=O)NC3CCCC3)CC2)n1. The van der Waals surface area contributed by atoms with E-state index in [1.807, 2.05) is 23.2 Å². The number of aromatic nitrogens is 3. The minimum atomic E-state index is 0.0855. The Morgan fingerprint density at radius 1 is 1.27 bits per heavy atom. The average Bonchev–Trinajstić information content (AvgIpc) is 3.42. The number of hydrogen-bond acceptors (Lipinski definition) is 4. The van der Waals surface area contributed by atoms with Gasteiger partial charge in [0.25, 0.3) is 0 Å². The van der Waals surface area contributed by atoms with Gasteiger partial charge in [-0.05, 0) is 44.7 Å². The van der Waals surface area contributed by atoms with E-state index in [1.54, 1.807) is 0 Å². The fourth-order valence-electron chi connectivity index (χ4n) is 4.06. The van der Waals surface area contributed by atoms with Crippen LogP contribution in [0.25, 0.3) is 11.5 Å². The van der Waals surface area contributed by atoms with Crippen LogP contribution in [0, 0.1) is 0 Å². The Bertz CT molecular complexity index is 739. The van der Waals surface area contributed by atoms with Crippen LogP contribution in [0.5, 0.6) is 0 Å². The molecule has 1 N–H and O–H groups in total. The van der Waals surface area contributed by atoms with Crippen molar-refractivity contribution < 1.29 is 9.32 Å². The summed E-state index contributed by atoms with van der Waals surface area (Å²) >= 11 is 0. The quantitative estimate of drug-likeness (QED) is 0.910. The van der Waals surface area contributed by atoms with Crippen molar-refractivity contribution in [2.24, 2.45) is 0 Å². The van der Waals surface area contributed by atoms with Crippen LogP contribution in [0.15, 0.2) is 22.9 Å². The molecule has 3 heterocycles. The third kappa shape index (κ3) is 3.48. The smallest absolute Gasteiger partial charge is 0.317 e. The first-order valence-corrected chi connectivity index (χ1v) is 9.79. The van der Waals surface area contributed by atoms with Crippen LogP contribution in [-0.2, 0) is 6.54 Å². The third-order valence-electron chi connectivity index (χ3n) is 5.66. The lowest BCUT2D eigenvalue weighted by molar-refractivity contribution is 0.172. The molecule has 7 heteroatoms. The number of aryl methyl sites for hydroxylation is 1. The molecule has 0 spiro atoms. The van der Waals surface area contributed by atoms with E-state index < -0.39 is 0 Å². The van der Waals surface area contributed by atoms with Crippen LogP contribution in [0.1, 0.15) is 57.3 Å². The van der Waals surface area contributed by atoms with Crippen LogP contribution in [0.4, 0.5) is 4.79 Å². The summed E-state index contributed by atoms with van der Waals surface area (Å²) in [5, 5.41) is 7.34. The predicted octanol–water partition coefficient (Wildman–Crippen LogP) is 3.39. The molecule has 4 rings (SSSR count). The second kappa shape index (κ2) is 7.51. The molecule has 26 heavy (non-hydrogen) atoms. The lowest BCUT2D eigenvalue weighted by atomic mass is 9.97. The lowest BCUT2D eigenvalue weighted by Crippen LogP contribution is -2.47. The van der Waals surface area contributed by atoms with Gasteiger partial charge in [-0.15, -0.1) is 0 Å². The van der Waals surface area contributed by atoms with Gasteiger partial charge in [-0.1, -0.05) is 18.0 Å². The van der Waals surface area contributed by atoms with Crippen molar-refractivity contribution >= 4 is 6.03 Å². The summed E-state index contributed by atoms with van der Waals surface area (Å²) in [6.07, 6.45) is 8.45. The molecule has 2 fully saturated rings. The topological polar surface area (TPSA) is 76.2 Å². The number of urea groups is 1. The van der Waals surface area contributed by atoms with E-state index in [9.17, 15) is 4.79 Å². The summed E-state index contributed by atoms with van der Waals surface area (Å²) in [6.45, 7) is 4.45. The summed E-state index contributed by atoms with van der Waals surface area (Å²) in [5.74, 6) is 1.57. The van der Waals surface area contributed by atoms with Gasteiger partial charge in [-0.2, -0.15) is 4.98 Å². The molecule has 0 unspecified atom stereocenters. The second-order valence-corrected chi connectivity index (χ2v) is 7.33. The summed E-state index contributed by atoms with van der Waals surface area (Å²) < 4.78 is 7.64. The fourth-order valence-corrected chi connectivity index (χ4v) is 4.06. The minimum absolute atomic E-state index is 0.0855. The summed E-state index contributed by atoms with van der Waals surface area (Å²) in [7, 11) is 0. The van der Waals surface area contributed by atoms with Crippen molar-refractivity contribution in [3.63, 3.8) is 0 Å². The van der Waals surface area contributed by atoms with Gasteiger partial charge in [-0.3, -0.25) is 0 Å². The van der Waals surface area contributed by atoms with Gasteiger partial charge in [0.2, 0.25) is 11.7 Å². The van der Waals surface area contributed by atoms with Gasteiger partial charge in [0.15, 0.2) is 0 Å². The molecule has 140 valence electrons. The highest BCUT2D eigenvalue weighted by atomic mass is 16.5. The molecule has 7 nitrogen and oxygen atoms in total. The first-order valence-electron chi connectivity index (χ1n) is 9.79. The van der Waals surface area contributed by atoms with Gasteiger partial charge >= 0.3 is 6.03 Å². The van der Waals surface area contributed by atoms with E-state index in [2.05, 4.69) is 26.9 Å². The predicted molar refractivity (Wildman–Crippen MR) is 97.7 cm³/mol. The summed E-state index contributed by atoms with van der Waals surface area (Å²) in [6, 6.07) is 4.46. The number of carbonyl (C=O) groups is 1. The Balaban J connectivity index is 1.34. The molecule has 2 amide bonds. The van der Waals surface area contributed by atoms with Crippen molar-refractivity contribution in [1.82, 2.24) is 24.9 Å². The molecule has 2 aromatic rings. The van der Waals surface area contributed by atoms with Gasteiger partial charge in [0, 0.05) is 37.8 Å². The number of amides is 2. The van der Waals surface area contributed by atoms with Crippen molar-refractivity contribution in [3.8, 4) is 11.5 Å². The van der Waals surface area contributed by atoms with Crippen molar-refractivity contribution in [3.05, 3.63) is 24.2 Å². The molecular weight excluding hydrogens is 330 g/mol. The molecule has 2 aliphatic rings. The van der Waals surface area contributed by atoms with Gasteiger partial charge in [0.1, 0.15) is 0 Å². The van der Waals surface area contributed by atoms with E-state index in [-0.39, 0.29) is 11.9 Å². The lowest BCUT2D eigenvalue weighted by Gasteiger charge is -2.31. The number of nitrogens with zero attached hydrogens (tertiary/aromatic N) is 4. The van der Waals surface area contributed by atoms with E-state index >= 15 is 0 Å². The molecule has 2 aromatic heterocycles. The molecule has 0 bridgehead atoms. The Morgan fingerprint density at radius 2 is 2.04 bits per heavy atom. The highest BCUT2D eigenvalue weighted by Crippen LogP contribution is 2.29. The highest BCUT2D eigenvalue weighted by Gasteiger charge is 2.29. The zero-order valence-corrected chi connectivity index (χ0v) is 15.4. The highest BCUT2D eigenvalue weighted by molar-refractivity contribution is 5.74. The molecule has 1 saturated carbocycles. The molecule has 0 aromatic carbocycles. The van der Waals surface area contributed by atoms with Gasteiger partial charge in [-0.25, -0.2) is 4.79 Å². The standard InChI is InChI=1S/C19H27N5O2/c1-2-23-11-5-8-16(23)17-21-18(26-22-17)14-9-12-24(13-10-14)19(25)20-15-6-3-4-7-15/h5,8,11,14-15H,2-4,6-7,9-10,12-13H2,1H3,(H,20,25). The zero-order valence-electron chi connectivity index (χ0n) is 15.4. The van der Waals surface area contributed by atoms with E-state index in [4.69, 9.17) is 4.52 Å². The molecular formula is C19H27N5O2. The number of rotatable bonds is 4. The van der Waals surface area contributed by atoms with E-state index in [0.29, 0.717) is 17.8 Å². The second-order valence-electron chi connectivity index (χ2n) is 7.33. The van der Waals surface area contributed by atoms with Crippen LogP contribution >= 0.6 is 0 Å². The molecule has 1 aliphatic heterocycles. The van der Waals surface area contributed by atoms with Crippen LogP contribution in [-0.4, -0.2) is 44.8 Å². The average molecular weight is 357 g/mol. The van der Waals surface area contributed by atoms with Gasteiger partial charge < -0.3 is 19.3 Å². The molecule has 1 saturated heterocycles. The maximum Gasteiger partial charge on any atom is 0.317 e. The van der Waals surface area contributed by atoms with Gasteiger partial charge in [0.05, 0.1) is 5.69 Å². The Hall–Kier alpha value is -2.31. The first-order chi connectivity index (χ1) is 12.7. The summed E-state index contributed by atoms with van der Waals surface area (Å²) in [5.41, 5.74) is 0.982. The van der Waals surface area contributed by atoms with Crippen LogP contribution in [0.2, 0.25) is 0 Å². The first kappa shape index (κ1) is 17.1. The third-order valence-corrected chi connectivity index (χ3v) is 5.66. The monoisotopic (exact) mass is 357 g/mol. The zero-order chi connectivity index (χ0) is 17.9. The minimum Gasteiger partial charge on any atom is -0.345 e. The number of hydrogen-bond donors (Lipinski definition) is 1. The normalized spacial score (nSPS) is 19.2. The van der Waals surface area contributed by atoms with Crippen LogP contribution in [0.3, 0.4) is 0 Å². The number of nitrogens with one attached hydrogen (secondary N) is 1. The Kier molecular flexibility index (Phi) is 4.95. The number of carbonyl (C=O) groups excluding carboxylic acids is 1. The van der Waals surface area contributed by atoms with Crippen molar-refractivity contribution in [2.45, 2.75) is 64.0 Å². The Morgan fingerprint density at radius 3 is 2.77 bits per heavy atom.